The molecule has 11 heteroatoms. The second kappa shape index (κ2) is 9.69. The van der Waals surface area contributed by atoms with E-state index >= 15 is 0 Å². The van der Waals surface area contributed by atoms with Crippen LogP contribution in [0, 0.1) is 5.92 Å². The topological polar surface area (TPSA) is 94.5 Å². The molecular weight excluding hydrogens is 465 g/mol. The van der Waals surface area contributed by atoms with Gasteiger partial charge in [0.2, 0.25) is 11.8 Å². The fourth-order valence-electron chi connectivity index (χ4n) is 3.68. The molecule has 0 bridgehead atoms. The summed E-state index contributed by atoms with van der Waals surface area (Å²) in [4.78, 5) is 24.1. The Morgan fingerprint density at radius 3 is 2.57 bits per heavy atom. The Labute approximate surface area is 199 Å². The molecule has 0 radical (unpaired) electrons. The lowest BCUT2D eigenvalue weighted by molar-refractivity contribution is -0.274. The van der Waals surface area contributed by atoms with E-state index in [1.54, 1.807) is 36.4 Å². The number of ether oxygens (including phenoxy) is 2. The number of nitrogens with zero attached hydrogens (tertiary/aromatic N) is 2. The number of amides is 2. The highest BCUT2D eigenvalue weighted by Gasteiger charge is 2.31. The number of alkyl halides is 3. The number of anilines is 1. The van der Waals surface area contributed by atoms with Crippen LogP contribution >= 0.6 is 0 Å². The first-order valence-corrected chi connectivity index (χ1v) is 10.9. The minimum Gasteiger partial charge on any atom is -0.491 e. The van der Waals surface area contributed by atoms with Crippen molar-refractivity contribution in [3.8, 4) is 28.4 Å². The van der Waals surface area contributed by atoms with Gasteiger partial charge in [-0.2, -0.15) is 0 Å². The maximum atomic E-state index is 12.8. The van der Waals surface area contributed by atoms with Crippen LogP contribution in [-0.2, 0) is 9.59 Å². The first kappa shape index (κ1) is 24.1. The van der Waals surface area contributed by atoms with Gasteiger partial charge in [0.25, 0.3) is 0 Å². The molecule has 0 aliphatic carbocycles. The van der Waals surface area contributed by atoms with Crippen molar-refractivity contribution in [3.05, 3.63) is 54.6 Å². The van der Waals surface area contributed by atoms with Gasteiger partial charge in [-0.25, -0.2) is 4.68 Å². The molecule has 2 amide bonds. The zero-order chi connectivity index (χ0) is 25.2. The molecule has 1 atom stereocenters. The van der Waals surface area contributed by atoms with Crippen molar-refractivity contribution < 1.29 is 32.2 Å². The molecule has 0 unspecified atom stereocenters. The summed E-state index contributed by atoms with van der Waals surface area (Å²) in [6, 6.07) is 14.0. The molecule has 2 aromatic carbocycles. The maximum Gasteiger partial charge on any atom is 0.573 e. The van der Waals surface area contributed by atoms with E-state index in [4.69, 9.17) is 4.74 Å². The lowest BCUT2D eigenvalue weighted by atomic mass is 10.1. The van der Waals surface area contributed by atoms with Crippen molar-refractivity contribution in [3.63, 3.8) is 0 Å². The summed E-state index contributed by atoms with van der Waals surface area (Å²) in [5, 5.41) is 9.78. The van der Waals surface area contributed by atoms with E-state index in [1.807, 2.05) is 13.8 Å². The van der Waals surface area contributed by atoms with Crippen LogP contribution in [-0.4, -0.2) is 40.6 Å². The van der Waals surface area contributed by atoms with E-state index in [1.165, 1.54) is 22.9 Å². The third-order valence-corrected chi connectivity index (χ3v) is 5.11. The fourth-order valence-corrected chi connectivity index (χ4v) is 3.68. The van der Waals surface area contributed by atoms with Crippen molar-refractivity contribution in [2.24, 2.45) is 5.92 Å². The van der Waals surface area contributed by atoms with Gasteiger partial charge in [-0.3, -0.25) is 9.59 Å². The SMILES string of the molecule is CC(C)Oc1cccc(-n2nc(NC(=O)[C@@H]3CNC(=O)C3)cc2-c2cccc(OC(F)(F)F)c2)c1. The molecular formula is C24H23F3N4O4. The zero-order valence-corrected chi connectivity index (χ0v) is 18.9. The Morgan fingerprint density at radius 2 is 1.89 bits per heavy atom. The van der Waals surface area contributed by atoms with Gasteiger partial charge in [-0.15, -0.1) is 18.3 Å². The van der Waals surface area contributed by atoms with Crippen molar-refractivity contribution >= 4 is 17.6 Å². The summed E-state index contributed by atoms with van der Waals surface area (Å²) < 4.78 is 49.6. The molecule has 1 fully saturated rings. The van der Waals surface area contributed by atoms with Crippen molar-refractivity contribution in [1.29, 1.82) is 0 Å². The van der Waals surface area contributed by atoms with Crippen LogP contribution in [0.3, 0.4) is 0 Å². The van der Waals surface area contributed by atoms with Crippen LogP contribution in [0.1, 0.15) is 20.3 Å². The Balaban J connectivity index is 1.72. The Hall–Kier alpha value is -4.02. The maximum absolute atomic E-state index is 12.8. The predicted octanol–water partition coefficient (Wildman–Crippen LogP) is 4.30. The van der Waals surface area contributed by atoms with Gasteiger partial charge >= 0.3 is 6.36 Å². The van der Waals surface area contributed by atoms with Gasteiger partial charge in [0.15, 0.2) is 5.82 Å². The van der Waals surface area contributed by atoms with Crippen LogP contribution in [0.5, 0.6) is 11.5 Å². The molecule has 4 rings (SSSR count). The smallest absolute Gasteiger partial charge is 0.491 e. The fraction of sp³-hybridized carbons (Fsp3) is 0.292. The Bertz CT molecular complexity index is 1240. The number of halogens is 3. The number of nitrogens with one attached hydrogen (secondary N) is 2. The van der Waals surface area contributed by atoms with Gasteiger partial charge in [0.05, 0.1) is 23.4 Å². The van der Waals surface area contributed by atoms with Gasteiger partial charge in [0, 0.05) is 30.7 Å². The average molecular weight is 488 g/mol. The molecule has 35 heavy (non-hydrogen) atoms. The van der Waals surface area contributed by atoms with E-state index in [9.17, 15) is 22.8 Å². The summed E-state index contributed by atoms with van der Waals surface area (Å²) in [6.45, 7) is 3.99. The molecule has 2 heterocycles. The van der Waals surface area contributed by atoms with E-state index in [0.717, 1.165) is 0 Å². The van der Waals surface area contributed by atoms with Crippen molar-refractivity contribution in [1.82, 2.24) is 15.1 Å². The van der Waals surface area contributed by atoms with Gasteiger partial charge < -0.3 is 20.1 Å². The highest BCUT2D eigenvalue weighted by atomic mass is 19.4. The molecule has 1 saturated heterocycles. The summed E-state index contributed by atoms with van der Waals surface area (Å²) in [6.07, 6.45) is -4.84. The molecule has 0 spiro atoms. The van der Waals surface area contributed by atoms with Crippen LogP contribution in [0.15, 0.2) is 54.6 Å². The highest BCUT2D eigenvalue weighted by Crippen LogP contribution is 2.32. The van der Waals surface area contributed by atoms with Gasteiger partial charge in [-0.05, 0) is 38.1 Å². The summed E-state index contributed by atoms with van der Waals surface area (Å²) in [7, 11) is 0. The number of carbonyl (C=O) groups excluding carboxylic acids is 2. The molecule has 2 N–H and O–H groups in total. The van der Waals surface area contributed by atoms with Gasteiger partial charge in [-0.1, -0.05) is 18.2 Å². The Kier molecular flexibility index (Phi) is 6.68. The first-order valence-electron chi connectivity index (χ1n) is 10.9. The molecule has 8 nitrogen and oxygen atoms in total. The van der Waals surface area contributed by atoms with Crippen LogP contribution in [0.4, 0.5) is 19.0 Å². The lowest BCUT2D eigenvalue weighted by Crippen LogP contribution is -2.24. The third kappa shape index (κ3) is 6.11. The van der Waals surface area contributed by atoms with Gasteiger partial charge in [0.1, 0.15) is 11.5 Å². The second-order valence-corrected chi connectivity index (χ2v) is 8.26. The molecule has 1 aliphatic rings. The lowest BCUT2D eigenvalue weighted by Gasteiger charge is -2.13. The second-order valence-electron chi connectivity index (χ2n) is 8.26. The van der Waals surface area contributed by atoms with E-state index < -0.39 is 12.3 Å². The normalized spacial score (nSPS) is 15.7. The number of carbonyl (C=O) groups is 2. The van der Waals surface area contributed by atoms with E-state index in [-0.39, 0.29) is 42.5 Å². The number of rotatable bonds is 7. The monoisotopic (exact) mass is 488 g/mol. The zero-order valence-electron chi connectivity index (χ0n) is 18.9. The molecule has 1 aromatic heterocycles. The third-order valence-electron chi connectivity index (χ3n) is 5.11. The molecule has 3 aromatic rings. The summed E-state index contributed by atoms with van der Waals surface area (Å²) in [5.41, 5.74) is 1.36. The van der Waals surface area contributed by atoms with Crippen LogP contribution < -0.4 is 20.1 Å². The van der Waals surface area contributed by atoms with Crippen LogP contribution in [0.2, 0.25) is 0 Å². The molecule has 1 aliphatic heterocycles. The molecule has 184 valence electrons. The Morgan fingerprint density at radius 1 is 1.14 bits per heavy atom. The van der Waals surface area contributed by atoms with Crippen LogP contribution in [0.25, 0.3) is 16.9 Å². The summed E-state index contributed by atoms with van der Waals surface area (Å²) >= 11 is 0. The number of hydrogen-bond donors (Lipinski definition) is 2. The number of hydrogen-bond acceptors (Lipinski definition) is 5. The number of benzene rings is 2. The predicted molar refractivity (Wildman–Crippen MR) is 121 cm³/mol. The average Bonchev–Trinajstić information content (AvgIpc) is 3.39. The van der Waals surface area contributed by atoms with E-state index in [0.29, 0.717) is 22.7 Å². The first-order chi connectivity index (χ1) is 16.6. The van der Waals surface area contributed by atoms with Crippen molar-refractivity contribution in [2.45, 2.75) is 32.7 Å². The van der Waals surface area contributed by atoms with Crippen molar-refractivity contribution in [2.75, 3.05) is 11.9 Å². The largest absolute Gasteiger partial charge is 0.573 e. The summed E-state index contributed by atoms with van der Waals surface area (Å²) in [5.74, 6) is -0.760. The highest BCUT2D eigenvalue weighted by molar-refractivity contribution is 5.97. The standard InChI is InChI=1S/C24H23F3N4O4/c1-14(2)34-18-7-4-6-17(11-18)31-20(15-5-3-8-19(9-15)35-24(25,26)27)12-21(30-31)29-23(33)16-10-22(32)28-13-16/h3-9,11-12,14,16H,10,13H2,1-2H3,(H,28,32)(H,29,30,33)/t16-/m0/s1. The van der Waals surface area contributed by atoms with E-state index in [2.05, 4.69) is 20.5 Å². The molecule has 0 saturated carbocycles. The minimum absolute atomic E-state index is 0.0730. The number of aromatic nitrogens is 2. The minimum atomic E-state index is -4.84. The quantitative estimate of drug-likeness (QED) is 0.517.